The number of nitrogens with zero attached hydrogens (tertiary/aromatic N) is 1. The maximum atomic E-state index is 12.9. The van der Waals surface area contributed by atoms with E-state index in [2.05, 4.69) is 55.6 Å². The number of hydrogen-bond acceptors (Lipinski definition) is 5. The summed E-state index contributed by atoms with van der Waals surface area (Å²) in [5, 5.41) is 13.8. The normalized spacial score (nSPS) is 14.8. The van der Waals surface area contributed by atoms with E-state index < -0.39 is 20.0 Å². The van der Waals surface area contributed by atoms with Crippen LogP contribution in [-0.2, 0) is 18.4 Å². The molecule has 0 aromatic carbocycles. The third kappa shape index (κ3) is 40.6. The molecule has 0 saturated heterocycles. The number of amides is 1. The van der Waals surface area contributed by atoms with Crippen molar-refractivity contribution in [3.8, 4) is 0 Å². The summed E-state index contributed by atoms with van der Waals surface area (Å²) < 4.78 is 23.6. The van der Waals surface area contributed by atoms with Gasteiger partial charge in [0.1, 0.15) is 13.2 Å². The Morgan fingerprint density at radius 3 is 1.57 bits per heavy atom. The summed E-state index contributed by atoms with van der Waals surface area (Å²) in [6.07, 6.45) is 48.9. The van der Waals surface area contributed by atoms with Crippen molar-refractivity contribution in [1.29, 1.82) is 0 Å². The molecule has 328 valence electrons. The van der Waals surface area contributed by atoms with Crippen LogP contribution in [0.1, 0.15) is 194 Å². The number of hydrogen-bond donors (Lipinski definition) is 3. The number of rotatable bonds is 41. The molecule has 3 atom stereocenters. The first-order valence-electron chi connectivity index (χ1n) is 23.0. The van der Waals surface area contributed by atoms with Gasteiger partial charge in [0.15, 0.2) is 0 Å². The number of likely N-dealkylation sites (N-methyl/N-ethyl adjacent to an activating group) is 1. The molecule has 8 nitrogen and oxygen atoms in total. The molecule has 3 unspecified atom stereocenters. The lowest BCUT2D eigenvalue weighted by atomic mass is 10.0. The Morgan fingerprint density at radius 1 is 0.625 bits per heavy atom. The average molecular weight is 810 g/mol. The molecule has 9 heteroatoms. The summed E-state index contributed by atoms with van der Waals surface area (Å²) in [6.45, 7) is 4.69. The predicted octanol–water partition coefficient (Wildman–Crippen LogP) is 12.9. The zero-order chi connectivity index (χ0) is 41.4. The molecule has 0 aliphatic rings. The maximum absolute atomic E-state index is 12.9. The van der Waals surface area contributed by atoms with E-state index in [0.29, 0.717) is 17.4 Å². The van der Waals surface area contributed by atoms with Crippen molar-refractivity contribution in [2.45, 2.75) is 206 Å². The number of allylic oxidation sites excluding steroid dienone is 7. The second kappa shape index (κ2) is 38.9. The first-order valence-corrected chi connectivity index (χ1v) is 24.5. The lowest BCUT2D eigenvalue weighted by Gasteiger charge is -2.25. The van der Waals surface area contributed by atoms with Crippen molar-refractivity contribution in [2.75, 3.05) is 40.9 Å². The summed E-state index contributed by atoms with van der Waals surface area (Å²) in [5.41, 5.74) is 0. The zero-order valence-corrected chi connectivity index (χ0v) is 38.0. The van der Waals surface area contributed by atoms with Crippen molar-refractivity contribution >= 4 is 13.7 Å². The predicted molar refractivity (Wildman–Crippen MR) is 240 cm³/mol. The Bertz CT molecular complexity index is 1050. The van der Waals surface area contributed by atoms with Crippen LogP contribution in [0.15, 0.2) is 48.6 Å². The fraction of sp³-hybridized carbons (Fsp3) is 0.809. The van der Waals surface area contributed by atoms with Crippen LogP contribution in [0.3, 0.4) is 0 Å². The van der Waals surface area contributed by atoms with Crippen LogP contribution in [0, 0.1) is 0 Å². The van der Waals surface area contributed by atoms with E-state index in [1.807, 2.05) is 27.2 Å². The summed E-state index contributed by atoms with van der Waals surface area (Å²) in [7, 11) is 1.55. The smallest absolute Gasteiger partial charge is 0.387 e. The number of carbonyl (C=O) groups excluding carboxylic acids is 1. The van der Waals surface area contributed by atoms with Gasteiger partial charge >= 0.3 is 7.82 Å². The van der Waals surface area contributed by atoms with E-state index in [0.717, 1.165) is 77.0 Å². The molecule has 0 rings (SSSR count). The van der Waals surface area contributed by atoms with Gasteiger partial charge in [0, 0.05) is 6.42 Å². The number of unbranched alkanes of at least 4 members (excludes halogenated alkanes) is 22. The highest BCUT2D eigenvalue weighted by molar-refractivity contribution is 7.47. The van der Waals surface area contributed by atoms with Crippen LogP contribution >= 0.6 is 7.82 Å². The zero-order valence-electron chi connectivity index (χ0n) is 37.1. The van der Waals surface area contributed by atoms with Gasteiger partial charge < -0.3 is 19.8 Å². The van der Waals surface area contributed by atoms with Crippen LogP contribution in [0.25, 0.3) is 0 Å². The summed E-state index contributed by atoms with van der Waals surface area (Å²) >= 11 is 0. The van der Waals surface area contributed by atoms with E-state index >= 15 is 0 Å². The number of aliphatic hydroxyl groups is 1. The Morgan fingerprint density at radius 2 is 1.07 bits per heavy atom. The Balaban J connectivity index is 4.42. The molecule has 0 fully saturated rings. The van der Waals surface area contributed by atoms with E-state index in [1.54, 1.807) is 6.08 Å². The molecule has 56 heavy (non-hydrogen) atoms. The molecule has 0 bridgehead atoms. The molecular weight excluding hydrogens is 719 g/mol. The van der Waals surface area contributed by atoms with Gasteiger partial charge in [-0.15, -0.1) is 0 Å². The molecule has 0 spiro atoms. The third-order valence-electron chi connectivity index (χ3n) is 10.1. The third-order valence-corrected chi connectivity index (χ3v) is 11.0. The molecule has 3 N–H and O–H groups in total. The summed E-state index contributed by atoms with van der Waals surface area (Å²) in [5.74, 6) is -0.195. The second-order valence-electron chi connectivity index (χ2n) is 16.8. The summed E-state index contributed by atoms with van der Waals surface area (Å²) in [4.78, 5) is 23.1. The Kier molecular flexibility index (Phi) is 37.9. The van der Waals surface area contributed by atoms with Crippen LogP contribution in [0.4, 0.5) is 0 Å². The lowest BCUT2D eigenvalue weighted by molar-refractivity contribution is -0.870. The van der Waals surface area contributed by atoms with Crippen LogP contribution in [-0.4, -0.2) is 73.4 Å². The minimum Gasteiger partial charge on any atom is -0.387 e. The van der Waals surface area contributed by atoms with E-state index in [-0.39, 0.29) is 19.1 Å². The highest BCUT2D eigenvalue weighted by Crippen LogP contribution is 2.43. The quantitative estimate of drug-likeness (QED) is 0.0246. The van der Waals surface area contributed by atoms with Gasteiger partial charge in [-0.05, 0) is 51.4 Å². The average Bonchev–Trinajstić information content (AvgIpc) is 3.15. The molecule has 0 aromatic rings. The first-order chi connectivity index (χ1) is 27.0. The first kappa shape index (κ1) is 54.5. The van der Waals surface area contributed by atoms with Crippen molar-refractivity contribution in [1.82, 2.24) is 5.32 Å². The molecule has 0 radical (unpaired) electrons. The van der Waals surface area contributed by atoms with Gasteiger partial charge in [0.2, 0.25) is 5.91 Å². The van der Waals surface area contributed by atoms with Crippen LogP contribution in [0.2, 0.25) is 0 Å². The number of phosphoric ester groups is 1. The van der Waals surface area contributed by atoms with E-state index in [1.165, 1.54) is 96.3 Å². The standard InChI is InChI=1S/C47H89N2O6P/c1-6-8-10-12-14-16-18-20-22-23-24-25-27-28-30-32-34-36-38-40-46(50)45(44-55-56(52,53)54-43-42-49(3,4)5)48-47(51)41-39-37-35-33-31-29-26-21-19-17-15-13-11-9-7-2/h9,11,15,17,21,26,38,40,45-46,50H,6-8,10,12-14,16,18-20,22-25,27-37,39,41-44H2,1-5H3,(H-,48,51,52,53)/p+1/b11-9-,17-15-,26-21-,40-38+. The van der Waals surface area contributed by atoms with Crippen LogP contribution in [0.5, 0.6) is 0 Å². The van der Waals surface area contributed by atoms with E-state index in [4.69, 9.17) is 9.05 Å². The lowest BCUT2D eigenvalue weighted by Crippen LogP contribution is -2.45. The number of aliphatic hydroxyl groups excluding tert-OH is 1. The monoisotopic (exact) mass is 810 g/mol. The molecule has 1 amide bonds. The maximum Gasteiger partial charge on any atom is 0.472 e. The van der Waals surface area contributed by atoms with Crippen molar-refractivity contribution in [2.24, 2.45) is 0 Å². The SMILES string of the molecule is CC/C=C\C/C=C\C/C=C\CCCCCCCC(=O)NC(COP(=O)(O)OCC[N+](C)(C)C)C(O)/C=C/CCCCCCCCCCCCCCCCCCC. The summed E-state index contributed by atoms with van der Waals surface area (Å²) in [6, 6.07) is -0.855. The molecule has 0 saturated carbocycles. The van der Waals surface area contributed by atoms with E-state index in [9.17, 15) is 19.4 Å². The number of phosphoric acid groups is 1. The van der Waals surface area contributed by atoms with Crippen molar-refractivity contribution in [3.63, 3.8) is 0 Å². The van der Waals surface area contributed by atoms with Gasteiger partial charge in [-0.25, -0.2) is 4.57 Å². The Hall–Kier alpha value is -1.54. The van der Waals surface area contributed by atoms with Gasteiger partial charge in [-0.1, -0.05) is 184 Å². The highest BCUT2D eigenvalue weighted by atomic mass is 31.2. The minimum atomic E-state index is -4.34. The number of quaternary nitrogens is 1. The fourth-order valence-electron chi connectivity index (χ4n) is 6.41. The molecule has 0 aliphatic heterocycles. The topological polar surface area (TPSA) is 105 Å². The van der Waals surface area contributed by atoms with Gasteiger partial charge in [-0.2, -0.15) is 0 Å². The largest absolute Gasteiger partial charge is 0.472 e. The van der Waals surface area contributed by atoms with Crippen LogP contribution < -0.4 is 5.32 Å². The van der Waals surface area contributed by atoms with Gasteiger partial charge in [0.25, 0.3) is 0 Å². The molecular formula is C47H90N2O6P+. The van der Waals surface area contributed by atoms with Gasteiger partial charge in [0.05, 0.1) is 39.9 Å². The molecule has 0 aliphatic carbocycles. The number of carbonyl (C=O) groups is 1. The minimum absolute atomic E-state index is 0.0565. The van der Waals surface area contributed by atoms with Gasteiger partial charge in [-0.3, -0.25) is 13.8 Å². The fourth-order valence-corrected chi connectivity index (χ4v) is 7.14. The highest BCUT2D eigenvalue weighted by Gasteiger charge is 2.27. The van der Waals surface area contributed by atoms with Crippen molar-refractivity contribution in [3.05, 3.63) is 48.6 Å². The number of nitrogens with one attached hydrogen (secondary N) is 1. The molecule has 0 heterocycles. The van der Waals surface area contributed by atoms with Crippen molar-refractivity contribution < 1.29 is 32.9 Å². The Labute approximate surface area is 346 Å². The second-order valence-corrected chi connectivity index (χ2v) is 18.2. The molecule has 0 aromatic heterocycles.